The van der Waals surface area contributed by atoms with Crippen LogP contribution in [0.4, 0.5) is 4.39 Å². The molecule has 128 valence electrons. The molecule has 2 aromatic carbocycles. The second-order valence-corrected chi connectivity index (χ2v) is 5.57. The molecule has 0 bridgehead atoms. The van der Waals surface area contributed by atoms with E-state index in [1.165, 1.54) is 12.1 Å². The van der Waals surface area contributed by atoms with Crippen LogP contribution in [0.3, 0.4) is 0 Å². The molecule has 24 heavy (non-hydrogen) atoms. The van der Waals surface area contributed by atoms with Crippen molar-refractivity contribution in [1.29, 1.82) is 0 Å². The Morgan fingerprint density at radius 3 is 2.67 bits per heavy atom. The lowest BCUT2D eigenvalue weighted by molar-refractivity contribution is 0.0935. The van der Waals surface area contributed by atoms with Crippen LogP contribution in [-0.2, 0) is 6.61 Å². The van der Waals surface area contributed by atoms with Crippen LogP contribution >= 0.6 is 12.4 Å². The van der Waals surface area contributed by atoms with Gasteiger partial charge in [0.25, 0.3) is 5.91 Å². The fourth-order valence-corrected chi connectivity index (χ4v) is 2.56. The average Bonchev–Trinajstić information content (AvgIpc) is 3.07. The Morgan fingerprint density at radius 1 is 1.21 bits per heavy atom. The van der Waals surface area contributed by atoms with Crippen LogP contribution in [0, 0.1) is 5.82 Å². The Morgan fingerprint density at radius 2 is 1.96 bits per heavy atom. The lowest BCUT2D eigenvalue weighted by atomic mass is 10.1. The quantitative estimate of drug-likeness (QED) is 0.871. The maximum atomic E-state index is 12.9. The van der Waals surface area contributed by atoms with Crippen LogP contribution < -0.4 is 15.4 Å². The topological polar surface area (TPSA) is 50.4 Å². The van der Waals surface area contributed by atoms with Gasteiger partial charge in [0.05, 0.1) is 5.56 Å². The third kappa shape index (κ3) is 4.69. The highest BCUT2D eigenvalue weighted by Gasteiger charge is 2.19. The molecule has 6 heteroatoms. The van der Waals surface area contributed by atoms with E-state index in [4.69, 9.17) is 4.74 Å². The van der Waals surface area contributed by atoms with E-state index in [0.717, 1.165) is 25.1 Å². The summed E-state index contributed by atoms with van der Waals surface area (Å²) in [6.07, 6.45) is 0.935. The Hall–Kier alpha value is -2.11. The molecule has 1 saturated heterocycles. The molecular formula is C18H20ClFN2O2. The fourth-order valence-electron chi connectivity index (χ4n) is 2.56. The van der Waals surface area contributed by atoms with Gasteiger partial charge in [-0.1, -0.05) is 24.3 Å². The third-order valence-corrected chi connectivity index (χ3v) is 3.83. The van der Waals surface area contributed by atoms with Gasteiger partial charge in [0.2, 0.25) is 0 Å². The molecule has 4 nitrogen and oxygen atoms in total. The van der Waals surface area contributed by atoms with E-state index in [2.05, 4.69) is 10.6 Å². The van der Waals surface area contributed by atoms with Crippen LogP contribution in [0.5, 0.6) is 5.75 Å². The lowest BCUT2D eigenvalue weighted by Crippen LogP contribution is -2.36. The van der Waals surface area contributed by atoms with E-state index >= 15 is 0 Å². The Balaban J connectivity index is 0.00000208. The van der Waals surface area contributed by atoms with Gasteiger partial charge in [0.1, 0.15) is 18.2 Å². The minimum absolute atomic E-state index is 0. The zero-order chi connectivity index (χ0) is 16.1. The number of hydrogen-bond acceptors (Lipinski definition) is 3. The molecule has 1 heterocycles. The molecule has 1 unspecified atom stereocenters. The van der Waals surface area contributed by atoms with Crippen LogP contribution in [0.25, 0.3) is 0 Å². The highest BCUT2D eigenvalue weighted by atomic mass is 35.5. The summed E-state index contributed by atoms with van der Waals surface area (Å²) in [4.78, 5) is 12.4. The molecular weight excluding hydrogens is 331 g/mol. The van der Waals surface area contributed by atoms with Gasteiger partial charge < -0.3 is 15.4 Å². The number of carbonyl (C=O) groups excluding carboxylic acids is 1. The van der Waals surface area contributed by atoms with Gasteiger partial charge in [-0.15, -0.1) is 12.4 Å². The number of ether oxygens (including phenoxy) is 1. The predicted molar refractivity (Wildman–Crippen MR) is 93.2 cm³/mol. The van der Waals surface area contributed by atoms with Gasteiger partial charge in [0.15, 0.2) is 0 Å². The zero-order valence-electron chi connectivity index (χ0n) is 13.1. The van der Waals surface area contributed by atoms with Crippen LogP contribution in [0.2, 0.25) is 0 Å². The molecule has 3 rings (SSSR count). The van der Waals surface area contributed by atoms with Crippen molar-refractivity contribution >= 4 is 18.3 Å². The second-order valence-electron chi connectivity index (χ2n) is 5.57. The summed E-state index contributed by atoms with van der Waals surface area (Å²) in [5.74, 6) is 0.118. The number of carbonyl (C=O) groups is 1. The number of halogens is 2. The van der Waals surface area contributed by atoms with Crippen molar-refractivity contribution in [2.75, 3.05) is 13.1 Å². The third-order valence-electron chi connectivity index (χ3n) is 3.83. The standard InChI is InChI=1S/C18H19FN2O2.ClH/c19-14-7-5-13(6-8-14)12-23-17-4-2-1-3-16(17)18(22)21-15-9-10-20-11-15;/h1-8,15,20H,9-12H2,(H,21,22);1H. The molecule has 1 atom stereocenters. The summed E-state index contributed by atoms with van der Waals surface area (Å²) in [5, 5.41) is 6.23. The molecule has 2 N–H and O–H groups in total. The maximum Gasteiger partial charge on any atom is 0.255 e. The van der Waals surface area contributed by atoms with Crippen molar-refractivity contribution < 1.29 is 13.9 Å². The number of rotatable bonds is 5. The summed E-state index contributed by atoms with van der Waals surface area (Å²) in [6, 6.07) is 13.4. The summed E-state index contributed by atoms with van der Waals surface area (Å²) < 4.78 is 18.7. The minimum atomic E-state index is -0.279. The van der Waals surface area contributed by atoms with E-state index in [1.807, 2.05) is 12.1 Å². The van der Waals surface area contributed by atoms with Crippen LogP contribution in [0.1, 0.15) is 22.3 Å². The largest absolute Gasteiger partial charge is 0.488 e. The van der Waals surface area contributed by atoms with E-state index < -0.39 is 0 Å². The van der Waals surface area contributed by atoms with E-state index in [-0.39, 0.29) is 36.8 Å². The van der Waals surface area contributed by atoms with Gasteiger partial charge in [-0.2, -0.15) is 0 Å². The predicted octanol–water partition coefficient (Wildman–Crippen LogP) is 2.92. The molecule has 1 fully saturated rings. The van der Waals surface area contributed by atoms with E-state index in [9.17, 15) is 9.18 Å². The Kier molecular flexibility index (Phi) is 6.58. The summed E-state index contributed by atoms with van der Waals surface area (Å²) in [7, 11) is 0. The second kappa shape index (κ2) is 8.66. The number of benzene rings is 2. The van der Waals surface area contributed by atoms with Crippen molar-refractivity contribution in [2.45, 2.75) is 19.1 Å². The van der Waals surface area contributed by atoms with Crippen molar-refractivity contribution in [2.24, 2.45) is 0 Å². The van der Waals surface area contributed by atoms with Gasteiger partial charge in [-0.25, -0.2) is 4.39 Å². The first kappa shape index (κ1) is 18.2. The molecule has 2 aromatic rings. The monoisotopic (exact) mass is 350 g/mol. The molecule has 1 amide bonds. The van der Waals surface area contributed by atoms with Crippen molar-refractivity contribution in [3.8, 4) is 5.75 Å². The first-order valence-electron chi connectivity index (χ1n) is 7.70. The Bertz CT molecular complexity index is 673. The van der Waals surface area contributed by atoms with E-state index in [0.29, 0.717) is 11.3 Å². The summed E-state index contributed by atoms with van der Waals surface area (Å²) >= 11 is 0. The van der Waals surface area contributed by atoms with E-state index in [1.54, 1.807) is 24.3 Å². The van der Waals surface area contributed by atoms with Gasteiger partial charge >= 0.3 is 0 Å². The molecule has 1 aliphatic heterocycles. The highest BCUT2D eigenvalue weighted by Crippen LogP contribution is 2.20. The average molecular weight is 351 g/mol. The fraction of sp³-hybridized carbons (Fsp3) is 0.278. The lowest BCUT2D eigenvalue weighted by Gasteiger charge is -2.14. The SMILES string of the molecule is Cl.O=C(NC1CCNC1)c1ccccc1OCc1ccc(F)cc1. The van der Waals surface area contributed by atoms with Crippen LogP contribution in [0.15, 0.2) is 48.5 Å². The molecule has 0 saturated carbocycles. The first-order valence-corrected chi connectivity index (χ1v) is 7.70. The van der Waals surface area contributed by atoms with Gasteiger partial charge in [0, 0.05) is 12.6 Å². The first-order chi connectivity index (χ1) is 11.2. The van der Waals surface area contributed by atoms with Crippen LogP contribution in [-0.4, -0.2) is 25.0 Å². The van der Waals surface area contributed by atoms with Crippen molar-refractivity contribution in [3.05, 3.63) is 65.5 Å². The zero-order valence-corrected chi connectivity index (χ0v) is 13.9. The number of nitrogens with one attached hydrogen (secondary N) is 2. The molecule has 1 aliphatic rings. The normalized spacial score (nSPS) is 16.3. The maximum absolute atomic E-state index is 12.9. The number of hydrogen-bond donors (Lipinski definition) is 2. The number of para-hydroxylation sites is 1. The highest BCUT2D eigenvalue weighted by molar-refractivity contribution is 5.97. The Labute approximate surface area is 146 Å². The van der Waals surface area contributed by atoms with Gasteiger partial charge in [-0.3, -0.25) is 4.79 Å². The molecule has 0 aromatic heterocycles. The van der Waals surface area contributed by atoms with Gasteiger partial charge in [-0.05, 0) is 42.8 Å². The summed E-state index contributed by atoms with van der Waals surface area (Å²) in [6.45, 7) is 2.01. The van der Waals surface area contributed by atoms with Crippen molar-refractivity contribution in [3.63, 3.8) is 0 Å². The summed E-state index contributed by atoms with van der Waals surface area (Å²) in [5.41, 5.74) is 1.36. The van der Waals surface area contributed by atoms with Crippen molar-refractivity contribution in [1.82, 2.24) is 10.6 Å². The molecule has 0 aliphatic carbocycles. The molecule has 0 spiro atoms. The number of amides is 1. The minimum Gasteiger partial charge on any atom is -0.488 e. The molecule has 0 radical (unpaired) electrons. The smallest absolute Gasteiger partial charge is 0.255 e.